The van der Waals surface area contributed by atoms with Gasteiger partial charge in [-0.2, -0.15) is 5.10 Å². The summed E-state index contributed by atoms with van der Waals surface area (Å²) >= 11 is 0. The highest BCUT2D eigenvalue weighted by molar-refractivity contribution is 5.97. The van der Waals surface area contributed by atoms with Crippen molar-refractivity contribution in [1.29, 1.82) is 0 Å². The average Bonchev–Trinajstić information content (AvgIpc) is 2.99. The van der Waals surface area contributed by atoms with Crippen LogP contribution in [0.1, 0.15) is 45.9 Å². The molecule has 1 aromatic carbocycles. The number of carbonyl (C=O) groups is 2. The van der Waals surface area contributed by atoms with Crippen LogP contribution in [0.15, 0.2) is 42.5 Å². The van der Waals surface area contributed by atoms with Gasteiger partial charge in [-0.3, -0.25) is 14.3 Å². The van der Waals surface area contributed by atoms with Crippen LogP contribution < -0.4 is 5.32 Å². The van der Waals surface area contributed by atoms with Crippen molar-refractivity contribution in [1.82, 2.24) is 14.7 Å². The summed E-state index contributed by atoms with van der Waals surface area (Å²) in [6, 6.07) is 11.4. The van der Waals surface area contributed by atoms with Crippen molar-refractivity contribution in [3.8, 4) is 0 Å². The summed E-state index contributed by atoms with van der Waals surface area (Å²) in [5.74, 6) is 0.166. The maximum Gasteiger partial charge on any atom is 0.247 e. The lowest BCUT2D eigenvalue weighted by molar-refractivity contribution is -0.132. The molecule has 2 amide bonds. The molecule has 150 valence electrons. The molecule has 0 unspecified atom stereocenters. The van der Waals surface area contributed by atoms with Crippen molar-refractivity contribution < 1.29 is 9.59 Å². The number of aryl methyl sites for hydroxylation is 1. The average molecular weight is 383 g/mol. The minimum atomic E-state index is -0.251. The Morgan fingerprint density at radius 2 is 1.86 bits per heavy atom. The quantitative estimate of drug-likeness (QED) is 0.776. The molecule has 0 bridgehead atoms. The number of carbonyl (C=O) groups excluding carboxylic acids is 2. The highest BCUT2D eigenvalue weighted by Crippen LogP contribution is 2.23. The van der Waals surface area contributed by atoms with E-state index in [1.807, 2.05) is 50.2 Å². The predicted octanol–water partition coefficient (Wildman–Crippen LogP) is 3.61. The number of nitrogens with zero attached hydrogens (tertiary/aromatic N) is 3. The third-order valence-corrected chi connectivity index (χ3v) is 4.35. The van der Waals surface area contributed by atoms with Gasteiger partial charge in [0.25, 0.3) is 0 Å². The SMILES string of the molecule is CC(C)N(CC(=O)Nc1cc(C(C)(C)C)nn1C)C(=O)/C=C/c1ccccc1. The molecule has 0 saturated carbocycles. The Kier molecular flexibility index (Phi) is 6.78. The van der Waals surface area contributed by atoms with E-state index in [4.69, 9.17) is 0 Å². The summed E-state index contributed by atoms with van der Waals surface area (Å²) in [4.78, 5) is 26.7. The largest absolute Gasteiger partial charge is 0.327 e. The molecule has 1 N–H and O–H groups in total. The highest BCUT2D eigenvalue weighted by atomic mass is 16.2. The Morgan fingerprint density at radius 1 is 1.21 bits per heavy atom. The summed E-state index contributed by atoms with van der Waals surface area (Å²) < 4.78 is 1.65. The molecule has 0 aliphatic heterocycles. The molecule has 28 heavy (non-hydrogen) atoms. The first-order valence-electron chi connectivity index (χ1n) is 9.46. The van der Waals surface area contributed by atoms with E-state index in [9.17, 15) is 9.59 Å². The third-order valence-electron chi connectivity index (χ3n) is 4.35. The lowest BCUT2D eigenvalue weighted by Gasteiger charge is -2.24. The zero-order valence-electron chi connectivity index (χ0n) is 17.6. The van der Waals surface area contributed by atoms with Crippen molar-refractivity contribution in [3.63, 3.8) is 0 Å². The Balaban J connectivity index is 2.05. The molecule has 0 atom stereocenters. The molecule has 6 heteroatoms. The summed E-state index contributed by atoms with van der Waals surface area (Å²) in [5, 5.41) is 7.32. The van der Waals surface area contributed by atoms with E-state index < -0.39 is 0 Å². The number of anilines is 1. The van der Waals surface area contributed by atoms with Gasteiger partial charge in [0.15, 0.2) is 0 Å². The van der Waals surface area contributed by atoms with Crippen molar-refractivity contribution in [2.24, 2.45) is 7.05 Å². The van der Waals surface area contributed by atoms with Gasteiger partial charge in [0, 0.05) is 30.6 Å². The maximum atomic E-state index is 12.6. The first-order valence-corrected chi connectivity index (χ1v) is 9.46. The van der Waals surface area contributed by atoms with E-state index >= 15 is 0 Å². The zero-order valence-corrected chi connectivity index (χ0v) is 17.6. The van der Waals surface area contributed by atoms with Gasteiger partial charge in [-0.15, -0.1) is 0 Å². The topological polar surface area (TPSA) is 67.2 Å². The van der Waals surface area contributed by atoms with Crippen LogP contribution in [0.3, 0.4) is 0 Å². The molecule has 1 aromatic heterocycles. The number of nitrogens with one attached hydrogen (secondary N) is 1. The van der Waals surface area contributed by atoms with Crippen LogP contribution >= 0.6 is 0 Å². The van der Waals surface area contributed by atoms with Crippen LogP contribution in [0.25, 0.3) is 6.08 Å². The molecular formula is C22H30N4O2. The van der Waals surface area contributed by atoms with Crippen LogP contribution in [0.5, 0.6) is 0 Å². The Morgan fingerprint density at radius 3 is 2.39 bits per heavy atom. The summed E-state index contributed by atoms with van der Waals surface area (Å²) in [6.07, 6.45) is 3.26. The second kappa shape index (κ2) is 8.87. The lowest BCUT2D eigenvalue weighted by atomic mass is 9.92. The molecule has 0 aliphatic rings. The standard InChI is InChI=1S/C22H30N4O2/c1-16(2)26(21(28)13-12-17-10-8-7-9-11-17)15-20(27)23-19-14-18(22(3,4)5)24-25(19)6/h7-14,16H,15H2,1-6H3,(H,23,27)/b13-12+. The Bertz CT molecular complexity index is 845. The fourth-order valence-electron chi connectivity index (χ4n) is 2.63. The van der Waals surface area contributed by atoms with E-state index in [0.29, 0.717) is 5.82 Å². The second-order valence-corrected chi connectivity index (χ2v) is 8.14. The number of hydrogen-bond acceptors (Lipinski definition) is 3. The molecule has 6 nitrogen and oxygen atoms in total. The molecule has 0 aliphatic carbocycles. The number of rotatable bonds is 6. The molecule has 0 fully saturated rings. The van der Waals surface area contributed by atoms with Crippen LogP contribution in [0.2, 0.25) is 0 Å². The van der Waals surface area contributed by atoms with E-state index in [1.54, 1.807) is 17.8 Å². The number of hydrogen-bond donors (Lipinski definition) is 1. The minimum Gasteiger partial charge on any atom is -0.327 e. The summed E-state index contributed by atoms with van der Waals surface area (Å²) in [6.45, 7) is 9.97. The number of amides is 2. The van der Waals surface area contributed by atoms with Gasteiger partial charge in [0.05, 0.1) is 5.69 Å². The van der Waals surface area contributed by atoms with Crippen LogP contribution in [-0.2, 0) is 22.1 Å². The van der Waals surface area contributed by atoms with Crippen molar-refractivity contribution in [3.05, 3.63) is 53.7 Å². The Labute approximate surface area is 167 Å². The van der Waals surface area contributed by atoms with Crippen LogP contribution in [0.4, 0.5) is 5.82 Å². The van der Waals surface area contributed by atoms with Crippen molar-refractivity contribution in [2.45, 2.75) is 46.1 Å². The van der Waals surface area contributed by atoms with E-state index in [0.717, 1.165) is 11.3 Å². The molecular weight excluding hydrogens is 352 g/mol. The number of aromatic nitrogens is 2. The zero-order chi connectivity index (χ0) is 20.9. The van der Waals surface area contributed by atoms with Gasteiger partial charge in [-0.05, 0) is 25.5 Å². The van der Waals surface area contributed by atoms with E-state index in [-0.39, 0.29) is 29.8 Å². The van der Waals surface area contributed by atoms with Crippen molar-refractivity contribution in [2.75, 3.05) is 11.9 Å². The first kappa shape index (κ1) is 21.4. The smallest absolute Gasteiger partial charge is 0.247 e. The molecule has 0 saturated heterocycles. The Hall–Kier alpha value is -2.89. The van der Waals surface area contributed by atoms with Gasteiger partial charge in [-0.1, -0.05) is 51.1 Å². The van der Waals surface area contributed by atoms with E-state index in [1.165, 1.54) is 11.0 Å². The van der Waals surface area contributed by atoms with Gasteiger partial charge >= 0.3 is 0 Å². The monoisotopic (exact) mass is 382 g/mol. The first-order chi connectivity index (χ1) is 13.1. The fourth-order valence-corrected chi connectivity index (χ4v) is 2.63. The van der Waals surface area contributed by atoms with E-state index in [2.05, 4.69) is 31.2 Å². The molecule has 1 heterocycles. The summed E-state index contributed by atoms with van der Waals surface area (Å²) in [7, 11) is 1.79. The van der Waals surface area contributed by atoms with Crippen LogP contribution in [-0.4, -0.2) is 39.1 Å². The van der Waals surface area contributed by atoms with Gasteiger partial charge < -0.3 is 10.2 Å². The van der Waals surface area contributed by atoms with Gasteiger partial charge in [0.1, 0.15) is 12.4 Å². The molecule has 2 rings (SSSR count). The summed E-state index contributed by atoms with van der Waals surface area (Å²) in [5.41, 5.74) is 1.73. The third kappa shape index (κ3) is 5.81. The second-order valence-electron chi connectivity index (χ2n) is 8.14. The normalized spacial score (nSPS) is 11.8. The highest BCUT2D eigenvalue weighted by Gasteiger charge is 2.22. The number of benzene rings is 1. The van der Waals surface area contributed by atoms with Gasteiger partial charge in [-0.25, -0.2) is 0 Å². The predicted molar refractivity (Wildman–Crippen MR) is 113 cm³/mol. The van der Waals surface area contributed by atoms with Crippen LogP contribution in [0, 0.1) is 0 Å². The van der Waals surface area contributed by atoms with Crippen molar-refractivity contribution >= 4 is 23.7 Å². The molecule has 0 radical (unpaired) electrons. The molecule has 0 spiro atoms. The maximum absolute atomic E-state index is 12.6. The fraction of sp³-hybridized carbons (Fsp3) is 0.409. The minimum absolute atomic E-state index is 0.0222. The van der Waals surface area contributed by atoms with Gasteiger partial charge in [0.2, 0.25) is 11.8 Å². The lowest BCUT2D eigenvalue weighted by Crippen LogP contribution is -2.41. The molecule has 2 aromatic rings.